The molecule has 518 valence electrons. The standard InChI is InChI=1S/C60H93N13O18S2/c1-5-34(2)53(71-49(82)27-61)58(88)66-29-50(83)68-42-33-93(90)60-39(24-36(30-74)67-59(89)54(35(3)43(77)31-75)70-48(81)25-37(76)28-65-56(86)41(26-45(62)78)69-57(42)87)38-16-17-44(91-4)40(55(38)72-60)32-92-23-13-11-21-64-46(79)14-8-6-10-20-63-47(80)15-9-7-12-22-73-51(84)18-19-52(73)85/h16-19,34-37,41-43,53-54,72,74-77H,5-15,20-33,61H2,1-4H3,(H2,62,78)(H,63,80)(H,64,79)(H,65,86)(H,66,88)(H,67,89)(H,68,83)(H,69,87)(H,70,81)(H,71,82)/t34-,35-,36-,37+,41-,42-,43-,53-,54-,93?/m0/s1. The van der Waals surface area contributed by atoms with Crippen molar-refractivity contribution in [3.8, 4) is 5.75 Å². The van der Waals surface area contributed by atoms with Gasteiger partial charge in [-0.15, -0.1) is 0 Å². The van der Waals surface area contributed by atoms with Crippen LogP contribution in [-0.2, 0) is 80.9 Å². The number of aromatic nitrogens is 1. The second-order valence-electron chi connectivity index (χ2n) is 22.9. The first-order chi connectivity index (χ1) is 44.3. The van der Waals surface area contributed by atoms with Gasteiger partial charge in [-0.25, -0.2) is 0 Å². The second kappa shape index (κ2) is 40.7. The third kappa shape index (κ3) is 25.8. The number of unbranched alkanes of at least 4 members (excludes halogenated alkanes) is 5. The molecule has 1 unspecified atom stereocenters. The van der Waals surface area contributed by atoms with Crippen LogP contribution in [0.25, 0.3) is 10.9 Å². The molecule has 33 heteroatoms. The van der Waals surface area contributed by atoms with Crippen LogP contribution in [0.2, 0.25) is 0 Å². The number of nitrogens with two attached hydrogens (primary N) is 2. The summed E-state index contributed by atoms with van der Waals surface area (Å²) in [5.41, 5.74) is 12.2. The first-order valence-electron chi connectivity index (χ1n) is 31.2. The number of carbonyl (C=O) groups is 12. The number of aromatic amines is 1. The van der Waals surface area contributed by atoms with E-state index in [1.54, 1.807) is 26.0 Å². The number of thioether (sulfide) groups is 1. The van der Waals surface area contributed by atoms with E-state index in [1.807, 2.05) is 0 Å². The molecule has 1 aromatic heterocycles. The Morgan fingerprint density at radius 3 is 2.10 bits per heavy atom. The molecule has 3 heterocycles. The molecular weight excluding hydrogens is 1250 g/mol. The predicted molar refractivity (Wildman–Crippen MR) is 342 cm³/mol. The second-order valence-corrected chi connectivity index (χ2v) is 25.4. The van der Waals surface area contributed by atoms with Gasteiger partial charge in [-0.05, 0) is 62.3 Å². The number of rotatable bonds is 34. The Labute approximate surface area is 546 Å². The summed E-state index contributed by atoms with van der Waals surface area (Å²) >= 11 is -0.885. The van der Waals surface area contributed by atoms with E-state index < -0.39 is 164 Å². The smallest absolute Gasteiger partial charge is 0.253 e. The molecule has 2 aromatic rings. The summed E-state index contributed by atoms with van der Waals surface area (Å²) in [6, 6.07) is -4.28. The molecule has 4 rings (SSSR count). The van der Waals surface area contributed by atoms with Crippen LogP contribution in [0.3, 0.4) is 0 Å². The minimum Gasteiger partial charge on any atom is -0.610 e. The Hall–Kier alpha value is -7.40. The number of nitrogens with one attached hydrogen (secondary N) is 10. The Morgan fingerprint density at radius 1 is 0.828 bits per heavy atom. The number of imide groups is 1. The van der Waals surface area contributed by atoms with Crippen LogP contribution in [0.1, 0.15) is 115 Å². The Kier molecular flexibility index (Phi) is 34.1. The predicted octanol–water partition coefficient (Wildman–Crippen LogP) is -3.60. The lowest BCUT2D eigenvalue weighted by molar-refractivity contribution is -0.137. The third-order valence-electron chi connectivity index (χ3n) is 15.7. The SMILES string of the molecule is CC[C@H](C)[C@H](NC(=O)CN)C(=O)NCC(=O)N[C@H]1C[S+]([O-])c2[nH]c3c(CSCCCCNC(=O)CCCCCNC(=O)CCCCCN4C(=O)C=CC4=O)c(OC)ccc3c2C[C@@H](CO)NC(=O)[C@H]([C@@H](C)[C@@H](O)CO)NC(=O)C[C@@H](O)CNC(=O)[C@H](CC(N)=O)NC1=O. The van der Waals surface area contributed by atoms with Gasteiger partial charge in [0.25, 0.3) is 11.8 Å². The van der Waals surface area contributed by atoms with Gasteiger partial charge >= 0.3 is 0 Å². The zero-order valence-electron chi connectivity index (χ0n) is 53.1. The molecule has 12 amide bonds. The van der Waals surface area contributed by atoms with Crippen molar-refractivity contribution in [3.05, 3.63) is 35.4 Å². The maximum Gasteiger partial charge on any atom is 0.253 e. The summed E-state index contributed by atoms with van der Waals surface area (Å²) in [6.45, 7) is 2.57. The monoisotopic (exact) mass is 1350 g/mol. The summed E-state index contributed by atoms with van der Waals surface area (Å²) in [5.74, 6) is -9.55. The zero-order valence-corrected chi connectivity index (χ0v) is 54.7. The van der Waals surface area contributed by atoms with Gasteiger partial charge in [0.1, 0.15) is 29.6 Å². The summed E-state index contributed by atoms with van der Waals surface area (Å²) < 4.78 is 21.0. The molecule has 0 saturated heterocycles. The van der Waals surface area contributed by atoms with E-state index in [9.17, 15) is 78.0 Å². The molecule has 0 fully saturated rings. The summed E-state index contributed by atoms with van der Waals surface area (Å²) in [7, 11) is 1.44. The summed E-state index contributed by atoms with van der Waals surface area (Å²) in [6.07, 6.45) is 3.81. The Bertz CT molecular complexity index is 2920. The number of hydrogen-bond donors (Lipinski definition) is 16. The van der Waals surface area contributed by atoms with Gasteiger partial charge in [0.05, 0.1) is 70.0 Å². The largest absolute Gasteiger partial charge is 0.610 e. The number of hydrogen-bond acceptors (Lipinski definition) is 20. The van der Waals surface area contributed by atoms with Crippen molar-refractivity contribution in [2.75, 3.05) is 71.1 Å². The fourth-order valence-corrected chi connectivity index (χ4v) is 12.5. The van der Waals surface area contributed by atoms with Gasteiger partial charge in [0.15, 0.2) is 6.04 Å². The molecule has 18 N–H and O–H groups in total. The lowest BCUT2D eigenvalue weighted by Crippen LogP contribution is -2.58. The van der Waals surface area contributed by atoms with Crippen molar-refractivity contribution in [2.45, 2.75) is 164 Å². The van der Waals surface area contributed by atoms with Crippen LogP contribution in [0.4, 0.5) is 0 Å². The lowest BCUT2D eigenvalue weighted by Gasteiger charge is -2.29. The van der Waals surface area contributed by atoms with Crippen molar-refractivity contribution >= 4 is 105 Å². The summed E-state index contributed by atoms with van der Waals surface area (Å²) in [5, 5.41) is 65.6. The molecule has 0 spiro atoms. The molecule has 0 radical (unpaired) electrons. The van der Waals surface area contributed by atoms with Crippen molar-refractivity contribution in [2.24, 2.45) is 23.3 Å². The number of aliphatic hydroxyl groups is 4. The number of H-pyrrole nitrogens is 1. The van der Waals surface area contributed by atoms with E-state index in [0.29, 0.717) is 118 Å². The number of aliphatic hydroxyl groups excluding tert-OH is 4. The van der Waals surface area contributed by atoms with E-state index in [4.69, 9.17) is 16.2 Å². The van der Waals surface area contributed by atoms with Gasteiger partial charge < -0.3 is 94.0 Å². The molecule has 0 bridgehead atoms. The highest BCUT2D eigenvalue weighted by Crippen LogP contribution is 2.37. The highest BCUT2D eigenvalue weighted by molar-refractivity contribution is 7.98. The van der Waals surface area contributed by atoms with Crippen LogP contribution in [-0.4, -0.2) is 219 Å². The van der Waals surface area contributed by atoms with Crippen LogP contribution in [0, 0.1) is 11.8 Å². The molecule has 10 atom stereocenters. The molecule has 0 saturated carbocycles. The molecule has 31 nitrogen and oxygen atoms in total. The van der Waals surface area contributed by atoms with Gasteiger partial charge in [-0.2, -0.15) is 11.8 Å². The molecule has 93 heavy (non-hydrogen) atoms. The number of primary amides is 1. The third-order valence-corrected chi connectivity index (χ3v) is 18.2. The van der Waals surface area contributed by atoms with Crippen molar-refractivity contribution in [1.82, 2.24) is 57.7 Å². The van der Waals surface area contributed by atoms with Crippen molar-refractivity contribution < 1.29 is 87.3 Å². The van der Waals surface area contributed by atoms with Crippen LogP contribution in [0.15, 0.2) is 29.3 Å². The van der Waals surface area contributed by atoms with Crippen molar-refractivity contribution in [1.29, 1.82) is 0 Å². The highest BCUT2D eigenvalue weighted by atomic mass is 32.2. The minimum atomic E-state index is -2.40. The highest BCUT2D eigenvalue weighted by Gasteiger charge is 2.38. The Morgan fingerprint density at radius 2 is 1.48 bits per heavy atom. The van der Waals surface area contributed by atoms with Gasteiger partial charge in [0.2, 0.25) is 64.1 Å². The number of methoxy groups -OCH3 is 1. The van der Waals surface area contributed by atoms with Crippen LogP contribution >= 0.6 is 11.8 Å². The number of nitrogens with zero attached hydrogens (tertiary/aromatic N) is 1. The first kappa shape index (κ1) is 78.0. The van der Waals surface area contributed by atoms with Gasteiger partial charge in [-0.1, -0.05) is 40.0 Å². The number of carbonyl (C=O) groups excluding carboxylic acids is 12. The fourth-order valence-electron chi connectivity index (χ4n) is 10.1. The van der Waals surface area contributed by atoms with E-state index in [2.05, 4.69) is 52.8 Å². The topological polar surface area (TPSA) is 497 Å². The van der Waals surface area contributed by atoms with E-state index in [-0.39, 0.29) is 40.6 Å². The summed E-state index contributed by atoms with van der Waals surface area (Å²) in [4.78, 5) is 160. The van der Waals surface area contributed by atoms with Crippen LogP contribution in [0.5, 0.6) is 5.75 Å². The number of ether oxygens (including phenoxy) is 1. The molecule has 2 aliphatic rings. The fraction of sp³-hybridized carbons (Fsp3) is 0.633. The molecule has 2 aliphatic heterocycles. The average Bonchev–Trinajstić information content (AvgIpc) is 1.63. The normalized spacial score (nSPS) is 20.6. The average molecular weight is 1350 g/mol. The molecule has 0 aliphatic carbocycles. The number of benzene rings is 1. The lowest BCUT2D eigenvalue weighted by atomic mass is 9.94. The maximum atomic E-state index is 15.2. The maximum absolute atomic E-state index is 15.2. The number of amides is 12. The zero-order chi connectivity index (χ0) is 68.7. The van der Waals surface area contributed by atoms with E-state index >= 15 is 4.55 Å². The quantitative estimate of drug-likeness (QED) is 0.0183. The van der Waals surface area contributed by atoms with Crippen molar-refractivity contribution in [3.63, 3.8) is 0 Å². The Balaban J connectivity index is 1.56. The molecular formula is C60H93N13O18S2. The van der Waals surface area contributed by atoms with E-state index in [0.717, 1.165) is 6.42 Å². The van der Waals surface area contributed by atoms with E-state index in [1.165, 1.54) is 42.8 Å². The first-order valence-corrected chi connectivity index (χ1v) is 33.7. The van der Waals surface area contributed by atoms with Gasteiger partial charge in [0, 0.05) is 97.0 Å². The van der Waals surface area contributed by atoms with Crippen LogP contribution < -0.4 is 64.1 Å². The number of β-amino-alcohol motifs (C(OH)–C–C–N with tert-alkyl or cyclic N) is 1. The number of fused-ring (bicyclic) bond motifs is 3. The molecule has 1 aromatic carbocycles. The van der Waals surface area contributed by atoms with Gasteiger partial charge in [-0.3, -0.25) is 62.4 Å². The minimum absolute atomic E-state index is 0.0674.